The summed E-state index contributed by atoms with van der Waals surface area (Å²) in [6.07, 6.45) is -0.0297. The van der Waals surface area contributed by atoms with Crippen molar-refractivity contribution in [1.29, 1.82) is 0 Å². The highest BCUT2D eigenvalue weighted by atomic mass is 16.3. The third kappa shape index (κ3) is 2.85. The highest BCUT2D eigenvalue weighted by molar-refractivity contribution is 5.75. The molecule has 1 aliphatic rings. The Hall–Kier alpha value is -2.27. The van der Waals surface area contributed by atoms with E-state index in [0.29, 0.717) is 12.2 Å². The van der Waals surface area contributed by atoms with Gasteiger partial charge < -0.3 is 20.2 Å². The van der Waals surface area contributed by atoms with Crippen LogP contribution in [0.1, 0.15) is 41.7 Å². The molecule has 0 saturated carbocycles. The van der Waals surface area contributed by atoms with Crippen molar-refractivity contribution in [1.82, 2.24) is 10.6 Å². The molecule has 0 radical (unpaired) electrons. The van der Waals surface area contributed by atoms with Crippen LogP contribution < -0.4 is 10.6 Å². The smallest absolute Gasteiger partial charge is 0.315 e. The van der Waals surface area contributed by atoms with Crippen LogP contribution in [0, 0.1) is 6.92 Å². The van der Waals surface area contributed by atoms with Crippen LogP contribution in [-0.4, -0.2) is 17.2 Å². The molecule has 0 aliphatic heterocycles. The first-order chi connectivity index (χ1) is 10.5. The first-order valence-corrected chi connectivity index (χ1v) is 7.44. The Kier molecular flexibility index (Phi) is 3.90. The van der Waals surface area contributed by atoms with Crippen LogP contribution in [0.2, 0.25) is 0 Å². The molecule has 22 heavy (non-hydrogen) atoms. The van der Waals surface area contributed by atoms with Gasteiger partial charge in [0, 0.05) is 6.42 Å². The largest absolute Gasteiger partial charge is 0.464 e. The Bertz CT molecular complexity index is 680. The van der Waals surface area contributed by atoms with Crippen molar-refractivity contribution >= 4 is 6.03 Å². The van der Waals surface area contributed by atoms with E-state index in [2.05, 4.69) is 10.6 Å². The molecule has 5 heteroatoms. The minimum Gasteiger partial charge on any atom is -0.464 e. The van der Waals surface area contributed by atoms with Crippen molar-refractivity contribution in [2.24, 2.45) is 0 Å². The van der Waals surface area contributed by atoms with E-state index in [1.54, 1.807) is 0 Å². The lowest BCUT2D eigenvalue weighted by atomic mass is 10.1. The zero-order valence-electron chi connectivity index (χ0n) is 12.7. The molecular formula is C17H20N2O3. The molecule has 0 bridgehead atoms. The average Bonchev–Trinajstić information content (AvgIpc) is 3.04. The molecule has 2 amide bonds. The first kappa shape index (κ1) is 14.7. The van der Waals surface area contributed by atoms with Gasteiger partial charge in [-0.05, 0) is 37.1 Å². The Morgan fingerprint density at radius 1 is 1.32 bits per heavy atom. The Balaban J connectivity index is 1.65. The standard InChI is InChI=1S/C17H20N2O3/c1-10-7-8-15(22-10)11(2)18-17(21)19-16-13-6-4-3-5-12(13)9-14(16)20/h3-8,11,14,16,20H,9H2,1-2H3,(H2,18,19,21). The maximum Gasteiger partial charge on any atom is 0.315 e. The summed E-state index contributed by atoms with van der Waals surface area (Å²) < 4.78 is 5.50. The highest BCUT2D eigenvalue weighted by Crippen LogP contribution is 2.31. The Labute approximate surface area is 129 Å². The molecule has 1 aromatic carbocycles. The van der Waals surface area contributed by atoms with Gasteiger partial charge in [0.2, 0.25) is 0 Å². The van der Waals surface area contributed by atoms with Gasteiger partial charge in [-0.1, -0.05) is 24.3 Å². The quantitative estimate of drug-likeness (QED) is 0.815. The van der Waals surface area contributed by atoms with E-state index in [9.17, 15) is 9.90 Å². The summed E-state index contributed by atoms with van der Waals surface area (Å²) in [5, 5.41) is 15.8. The van der Waals surface area contributed by atoms with E-state index in [0.717, 1.165) is 16.9 Å². The van der Waals surface area contributed by atoms with Crippen LogP contribution in [0.5, 0.6) is 0 Å². The molecule has 3 N–H and O–H groups in total. The molecule has 116 valence electrons. The van der Waals surface area contributed by atoms with Crippen molar-refractivity contribution in [3.63, 3.8) is 0 Å². The summed E-state index contributed by atoms with van der Waals surface area (Å²) >= 11 is 0. The first-order valence-electron chi connectivity index (χ1n) is 7.44. The van der Waals surface area contributed by atoms with Gasteiger partial charge in [-0.2, -0.15) is 0 Å². The third-order valence-corrected chi connectivity index (χ3v) is 4.03. The lowest BCUT2D eigenvalue weighted by Gasteiger charge is -2.20. The van der Waals surface area contributed by atoms with E-state index in [1.165, 1.54) is 0 Å². The number of hydrogen-bond donors (Lipinski definition) is 3. The van der Waals surface area contributed by atoms with E-state index >= 15 is 0 Å². The average molecular weight is 300 g/mol. The molecule has 2 aromatic rings. The van der Waals surface area contributed by atoms with Crippen molar-refractivity contribution < 1.29 is 14.3 Å². The molecule has 1 heterocycles. The van der Waals surface area contributed by atoms with Gasteiger partial charge in [-0.3, -0.25) is 0 Å². The van der Waals surface area contributed by atoms with Crippen molar-refractivity contribution in [3.05, 3.63) is 59.0 Å². The van der Waals surface area contributed by atoms with Crippen LogP contribution in [0.15, 0.2) is 40.8 Å². The maximum atomic E-state index is 12.2. The minimum absolute atomic E-state index is 0.234. The zero-order valence-corrected chi connectivity index (χ0v) is 12.7. The number of fused-ring (bicyclic) bond motifs is 1. The molecular weight excluding hydrogens is 280 g/mol. The van der Waals surface area contributed by atoms with Gasteiger partial charge in [-0.25, -0.2) is 4.79 Å². The number of carbonyl (C=O) groups is 1. The van der Waals surface area contributed by atoms with Crippen molar-refractivity contribution in [2.45, 2.75) is 38.5 Å². The van der Waals surface area contributed by atoms with Crippen LogP contribution in [-0.2, 0) is 6.42 Å². The Morgan fingerprint density at radius 3 is 2.82 bits per heavy atom. The number of hydrogen-bond acceptors (Lipinski definition) is 3. The predicted molar refractivity (Wildman–Crippen MR) is 82.4 cm³/mol. The second kappa shape index (κ2) is 5.85. The third-order valence-electron chi connectivity index (χ3n) is 4.03. The number of furan rings is 1. The summed E-state index contributed by atoms with van der Waals surface area (Å²) in [6, 6.07) is 10.6. The number of benzene rings is 1. The highest BCUT2D eigenvalue weighted by Gasteiger charge is 2.32. The summed E-state index contributed by atoms with van der Waals surface area (Å²) in [4.78, 5) is 12.2. The van der Waals surface area contributed by atoms with Crippen LogP contribution >= 0.6 is 0 Å². The van der Waals surface area contributed by atoms with Crippen molar-refractivity contribution in [2.75, 3.05) is 0 Å². The van der Waals surface area contributed by atoms with E-state index in [1.807, 2.05) is 50.2 Å². The molecule has 1 aliphatic carbocycles. The predicted octanol–water partition coefficient (Wildman–Crippen LogP) is 2.61. The number of nitrogens with one attached hydrogen (secondary N) is 2. The molecule has 1 aromatic heterocycles. The number of carbonyl (C=O) groups excluding carboxylic acids is 1. The fraction of sp³-hybridized carbons (Fsp3) is 0.353. The number of urea groups is 1. The zero-order chi connectivity index (χ0) is 15.7. The van der Waals surface area contributed by atoms with Gasteiger partial charge in [0.25, 0.3) is 0 Å². The Morgan fingerprint density at radius 2 is 2.09 bits per heavy atom. The second-order valence-corrected chi connectivity index (χ2v) is 5.74. The lowest BCUT2D eigenvalue weighted by Crippen LogP contribution is -2.41. The van der Waals surface area contributed by atoms with Crippen LogP contribution in [0.3, 0.4) is 0 Å². The van der Waals surface area contributed by atoms with Crippen molar-refractivity contribution in [3.8, 4) is 0 Å². The van der Waals surface area contributed by atoms with E-state index in [4.69, 9.17) is 4.42 Å². The van der Waals surface area contributed by atoms with Crippen LogP contribution in [0.25, 0.3) is 0 Å². The SMILES string of the molecule is Cc1ccc(C(C)NC(=O)NC2c3ccccc3CC2O)o1. The molecule has 3 unspecified atom stereocenters. The molecule has 0 spiro atoms. The van der Waals surface area contributed by atoms with E-state index in [-0.39, 0.29) is 18.1 Å². The maximum absolute atomic E-state index is 12.2. The number of aliphatic hydroxyl groups excluding tert-OH is 1. The fourth-order valence-electron chi connectivity index (χ4n) is 2.88. The van der Waals surface area contributed by atoms with Gasteiger partial charge in [0.1, 0.15) is 11.5 Å². The van der Waals surface area contributed by atoms with Gasteiger partial charge in [-0.15, -0.1) is 0 Å². The number of aliphatic hydroxyl groups is 1. The monoisotopic (exact) mass is 300 g/mol. The van der Waals surface area contributed by atoms with E-state index < -0.39 is 6.10 Å². The summed E-state index contributed by atoms with van der Waals surface area (Å²) in [5.74, 6) is 1.52. The summed E-state index contributed by atoms with van der Waals surface area (Å²) in [5.41, 5.74) is 2.06. The molecule has 0 saturated heterocycles. The van der Waals surface area contributed by atoms with Gasteiger partial charge >= 0.3 is 6.03 Å². The van der Waals surface area contributed by atoms with Crippen LogP contribution in [0.4, 0.5) is 4.79 Å². The van der Waals surface area contributed by atoms with Gasteiger partial charge in [0.05, 0.1) is 18.2 Å². The molecule has 3 rings (SSSR count). The lowest BCUT2D eigenvalue weighted by molar-refractivity contribution is 0.141. The number of rotatable bonds is 3. The fourth-order valence-corrected chi connectivity index (χ4v) is 2.88. The normalized spacial score (nSPS) is 21.2. The minimum atomic E-state index is -0.593. The number of aryl methyl sites for hydroxylation is 1. The topological polar surface area (TPSA) is 74.5 Å². The number of amides is 2. The molecule has 3 atom stereocenters. The van der Waals surface area contributed by atoms with Gasteiger partial charge in [0.15, 0.2) is 0 Å². The summed E-state index contributed by atoms with van der Waals surface area (Å²) in [6.45, 7) is 3.72. The molecule has 5 nitrogen and oxygen atoms in total. The molecule has 0 fully saturated rings. The second-order valence-electron chi connectivity index (χ2n) is 5.74. The summed E-state index contributed by atoms with van der Waals surface area (Å²) in [7, 11) is 0.